The first kappa shape index (κ1) is 23.8. The highest BCUT2D eigenvalue weighted by atomic mass is 127. The van der Waals surface area contributed by atoms with E-state index >= 15 is 0 Å². The normalized spacial score (nSPS) is 17.8. The van der Waals surface area contributed by atoms with Crippen molar-refractivity contribution in [2.24, 2.45) is 10.9 Å². The topological polar surface area (TPSA) is 58.1 Å². The van der Waals surface area contributed by atoms with Crippen molar-refractivity contribution in [1.82, 2.24) is 10.2 Å². The average Bonchev–Trinajstić information content (AvgIpc) is 2.65. The van der Waals surface area contributed by atoms with E-state index in [1.165, 1.54) is 25.9 Å². The smallest absolute Gasteiger partial charge is 0.195 e. The van der Waals surface area contributed by atoms with Gasteiger partial charge in [0.05, 0.1) is 13.7 Å². The van der Waals surface area contributed by atoms with E-state index in [9.17, 15) is 0 Å². The van der Waals surface area contributed by atoms with Crippen molar-refractivity contribution >= 4 is 35.6 Å². The van der Waals surface area contributed by atoms with Gasteiger partial charge in [0.2, 0.25) is 0 Å². The molecule has 27 heavy (non-hydrogen) atoms. The van der Waals surface area contributed by atoms with Gasteiger partial charge >= 0.3 is 0 Å². The molecule has 0 spiro atoms. The summed E-state index contributed by atoms with van der Waals surface area (Å²) in [6.45, 7) is 9.44. The molecule has 1 saturated heterocycles. The Hall–Kier alpha value is -1.22. The van der Waals surface area contributed by atoms with Crippen LogP contribution in [0.15, 0.2) is 23.2 Å². The van der Waals surface area contributed by atoms with Gasteiger partial charge in [0.1, 0.15) is 0 Å². The van der Waals surface area contributed by atoms with Gasteiger partial charge in [0, 0.05) is 31.9 Å². The van der Waals surface area contributed by atoms with Crippen LogP contribution in [0.5, 0.6) is 11.5 Å². The molecule has 1 heterocycles. The molecule has 1 aliphatic rings. The summed E-state index contributed by atoms with van der Waals surface area (Å²) in [4.78, 5) is 6.88. The first-order valence-corrected chi connectivity index (χ1v) is 9.67. The van der Waals surface area contributed by atoms with Gasteiger partial charge in [-0.2, -0.15) is 0 Å². The molecule has 6 nitrogen and oxygen atoms in total. The van der Waals surface area contributed by atoms with Crippen LogP contribution in [0.1, 0.15) is 33.1 Å². The van der Waals surface area contributed by atoms with Crippen LogP contribution in [0.3, 0.4) is 0 Å². The zero-order valence-electron chi connectivity index (χ0n) is 17.1. The molecule has 1 unspecified atom stereocenters. The largest absolute Gasteiger partial charge is 0.493 e. The number of halogens is 1. The van der Waals surface area contributed by atoms with Crippen molar-refractivity contribution in [3.05, 3.63) is 18.2 Å². The second kappa shape index (κ2) is 13.0. The van der Waals surface area contributed by atoms with E-state index in [0.29, 0.717) is 12.4 Å². The predicted octanol–water partition coefficient (Wildman–Crippen LogP) is 3.82. The fourth-order valence-corrected chi connectivity index (χ4v) is 3.34. The molecule has 0 bridgehead atoms. The average molecular weight is 490 g/mol. The third-order valence-electron chi connectivity index (χ3n) is 4.63. The Morgan fingerprint density at radius 2 is 2.15 bits per heavy atom. The lowest BCUT2D eigenvalue weighted by atomic mass is 10.0. The minimum Gasteiger partial charge on any atom is -0.493 e. The number of nitrogens with one attached hydrogen (secondary N) is 2. The van der Waals surface area contributed by atoms with Crippen LogP contribution in [-0.2, 0) is 0 Å². The van der Waals surface area contributed by atoms with Crippen LogP contribution in [0.4, 0.5) is 5.69 Å². The highest BCUT2D eigenvalue weighted by molar-refractivity contribution is 14.0. The molecule has 0 radical (unpaired) electrons. The fraction of sp³-hybridized carbons (Fsp3) is 0.650. The predicted molar refractivity (Wildman–Crippen MR) is 124 cm³/mol. The van der Waals surface area contributed by atoms with E-state index in [2.05, 4.69) is 27.4 Å². The number of hydrogen-bond donors (Lipinski definition) is 2. The van der Waals surface area contributed by atoms with E-state index in [1.807, 2.05) is 25.1 Å². The minimum atomic E-state index is 0. The monoisotopic (exact) mass is 490 g/mol. The van der Waals surface area contributed by atoms with Gasteiger partial charge in [-0.1, -0.05) is 6.92 Å². The number of likely N-dealkylation sites (tertiary alicyclic amines) is 1. The number of rotatable bonds is 8. The number of piperidine rings is 1. The molecule has 1 aliphatic heterocycles. The van der Waals surface area contributed by atoms with Crippen molar-refractivity contribution in [2.45, 2.75) is 33.1 Å². The summed E-state index contributed by atoms with van der Waals surface area (Å²) in [6, 6.07) is 5.80. The van der Waals surface area contributed by atoms with Crippen molar-refractivity contribution in [1.29, 1.82) is 0 Å². The Morgan fingerprint density at radius 3 is 2.81 bits per heavy atom. The van der Waals surface area contributed by atoms with Gasteiger partial charge in [-0.3, -0.25) is 4.99 Å². The van der Waals surface area contributed by atoms with Gasteiger partial charge in [-0.25, -0.2) is 0 Å². The van der Waals surface area contributed by atoms with Gasteiger partial charge < -0.3 is 25.0 Å². The molecule has 0 aliphatic carbocycles. The Morgan fingerprint density at radius 1 is 1.33 bits per heavy atom. The number of guanidine groups is 1. The molecule has 7 heteroatoms. The summed E-state index contributed by atoms with van der Waals surface area (Å²) in [7, 11) is 3.43. The van der Waals surface area contributed by atoms with Gasteiger partial charge in [0.25, 0.3) is 0 Å². The summed E-state index contributed by atoms with van der Waals surface area (Å²) in [5.74, 6) is 3.06. The molecule has 1 fully saturated rings. The van der Waals surface area contributed by atoms with Crippen molar-refractivity contribution in [3.8, 4) is 11.5 Å². The van der Waals surface area contributed by atoms with Gasteiger partial charge in [0.15, 0.2) is 17.5 Å². The van der Waals surface area contributed by atoms with Crippen LogP contribution in [0.2, 0.25) is 0 Å². The first-order valence-electron chi connectivity index (χ1n) is 9.67. The number of hydrogen-bond acceptors (Lipinski definition) is 4. The molecule has 1 aromatic carbocycles. The summed E-state index contributed by atoms with van der Waals surface area (Å²) in [5.41, 5.74) is 0.920. The molecule has 1 aromatic rings. The number of ether oxygens (including phenoxy) is 2. The Labute approximate surface area is 181 Å². The maximum Gasteiger partial charge on any atom is 0.195 e. The summed E-state index contributed by atoms with van der Waals surface area (Å²) < 4.78 is 11.0. The molecular weight excluding hydrogens is 455 g/mol. The molecule has 154 valence electrons. The van der Waals surface area contributed by atoms with Gasteiger partial charge in [-0.15, -0.1) is 24.0 Å². The van der Waals surface area contributed by atoms with E-state index in [4.69, 9.17) is 9.47 Å². The van der Waals surface area contributed by atoms with E-state index in [0.717, 1.165) is 42.8 Å². The van der Waals surface area contributed by atoms with Gasteiger partial charge in [-0.05, 0) is 57.3 Å². The number of anilines is 1. The highest BCUT2D eigenvalue weighted by Gasteiger charge is 2.15. The third-order valence-corrected chi connectivity index (χ3v) is 4.63. The fourth-order valence-electron chi connectivity index (χ4n) is 3.34. The molecule has 2 N–H and O–H groups in total. The maximum absolute atomic E-state index is 5.56. The molecule has 1 atom stereocenters. The molecule has 0 amide bonds. The second-order valence-electron chi connectivity index (χ2n) is 6.82. The standard InChI is InChI=1S/C20H34N4O2.HI/c1-5-26-18-10-9-17(14-19(18)25-4)23-20(21-3)22-11-7-13-24-12-6-8-16(2)15-24;/h9-10,14,16H,5-8,11-13,15H2,1-4H3,(H2,21,22,23);1H. The SMILES string of the molecule is CCOc1ccc(NC(=NC)NCCCN2CCCC(C)C2)cc1OC.I. The third kappa shape index (κ3) is 8.13. The Kier molecular flexibility index (Phi) is 11.5. The minimum absolute atomic E-state index is 0. The molecule has 2 rings (SSSR count). The summed E-state index contributed by atoms with van der Waals surface area (Å²) in [5, 5.41) is 6.69. The number of nitrogens with zero attached hydrogens (tertiary/aromatic N) is 2. The second-order valence-corrected chi connectivity index (χ2v) is 6.82. The van der Waals surface area contributed by atoms with E-state index < -0.39 is 0 Å². The molecule has 0 saturated carbocycles. The number of aliphatic imine (C=N–C) groups is 1. The van der Waals surface area contributed by atoms with Crippen LogP contribution >= 0.6 is 24.0 Å². The lowest BCUT2D eigenvalue weighted by Crippen LogP contribution is -2.37. The summed E-state index contributed by atoms with van der Waals surface area (Å²) >= 11 is 0. The highest BCUT2D eigenvalue weighted by Crippen LogP contribution is 2.30. The van der Waals surface area contributed by atoms with Crippen LogP contribution in [0, 0.1) is 5.92 Å². The zero-order valence-corrected chi connectivity index (χ0v) is 19.4. The Bertz CT molecular complexity index is 583. The van der Waals surface area contributed by atoms with Crippen LogP contribution < -0.4 is 20.1 Å². The van der Waals surface area contributed by atoms with Crippen LogP contribution in [0.25, 0.3) is 0 Å². The lowest BCUT2D eigenvalue weighted by Gasteiger charge is -2.30. The quantitative estimate of drug-likeness (QED) is 0.251. The maximum atomic E-state index is 5.56. The zero-order chi connectivity index (χ0) is 18.8. The van der Waals surface area contributed by atoms with Crippen LogP contribution in [-0.4, -0.2) is 57.8 Å². The van der Waals surface area contributed by atoms with Crippen molar-refractivity contribution in [3.63, 3.8) is 0 Å². The molecular formula is C20H35IN4O2. The Balaban J connectivity index is 0.00000364. The number of methoxy groups -OCH3 is 1. The van der Waals surface area contributed by atoms with Crippen molar-refractivity contribution < 1.29 is 9.47 Å². The van der Waals surface area contributed by atoms with E-state index in [-0.39, 0.29) is 24.0 Å². The first-order chi connectivity index (χ1) is 12.7. The number of benzene rings is 1. The summed E-state index contributed by atoms with van der Waals surface area (Å²) in [6.07, 6.45) is 3.81. The molecule has 0 aromatic heterocycles. The van der Waals surface area contributed by atoms with Crippen molar-refractivity contribution in [2.75, 3.05) is 52.3 Å². The van der Waals surface area contributed by atoms with E-state index in [1.54, 1.807) is 14.2 Å². The lowest BCUT2D eigenvalue weighted by molar-refractivity contribution is 0.182.